The van der Waals surface area contributed by atoms with Gasteiger partial charge in [0.15, 0.2) is 0 Å². The molecule has 0 aliphatic rings. The molecule has 0 saturated heterocycles. The lowest BCUT2D eigenvalue weighted by Gasteiger charge is -2.12. The molecule has 0 saturated carbocycles. The summed E-state index contributed by atoms with van der Waals surface area (Å²) in [5.41, 5.74) is 0. The lowest BCUT2D eigenvalue weighted by atomic mass is 10.2. The molecule has 0 spiro atoms. The van der Waals surface area contributed by atoms with E-state index in [4.69, 9.17) is 4.74 Å². The van der Waals surface area contributed by atoms with Gasteiger partial charge in [-0.3, -0.25) is 9.59 Å². The molecule has 1 amide bonds. The van der Waals surface area contributed by atoms with Gasteiger partial charge in [0.2, 0.25) is 5.91 Å². The van der Waals surface area contributed by atoms with Crippen molar-refractivity contribution in [1.29, 1.82) is 0 Å². The Hall–Kier alpha value is -1.14. The molecule has 0 aliphatic heterocycles. The van der Waals surface area contributed by atoms with Crippen LogP contribution in [0.3, 0.4) is 0 Å². The van der Waals surface area contributed by atoms with Gasteiger partial charge in [-0.25, -0.2) is 0 Å². The fraction of sp³-hybridized carbons (Fsp3) is 0.800. The third-order valence-electron chi connectivity index (χ3n) is 1.94. The monoisotopic (exact) mass is 232 g/mol. The number of nitrogens with one attached hydrogen (secondary N) is 2. The molecule has 0 rings (SSSR count). The van der Waals surface area contributed by atoms with E-state index >= 15 is 0 Å². The highest BCUT2D eigenvalue weighted by Gasteiger charge is 2.09. The van der Waals surface area contributed by atoms with Crippen molar-refractivity contribution in [3.8, 4) is 0 Å². The molecule has 0 fully saturated rings. The van der Waals surface area contributed by atoms with Gasteiger partial charge in [0.25, 0.3) is 0 Å². The van der Waals surface area contributed by atoms with E-state index < -0.39 is 0 Å². The molecular formula is C10H20N2O4. The summed E-state index contributed by atoms with van der Waals surface area (Å²) >= 11 is 0. The molecule has 0 aromatic carbocycles. The Bertz CT molecular complexity index is 221. The van der Waals surface area contributed by atoms with Crippen LogP contribution in [0.1, 0.15) is 13.3 Å². The summed E-state index contributed by atoms with van der Waals surface area (Å²) in [6, 6.07) is -0.0828. The van der Waals surface area contributed by atoms with Crippen molar-refractivity contribution in [1.82, 2.24) is 10.6 Å². The summed E-state index contributed by atoms with van der Waals surface area (Å²) in [6.07, 6.45) is 0.252. The van der Waals surface area contributed by atoms with Gasteiger partial charge in [-0.1, -0.05) is 0 Å². The number of esters is 1. The topological polar surface area (TPSA) is 76.7 Å². The molecule has 6 heteroatoms. The summed E-state index contributed by atoms with van der Waals surface area (Å²) < 4.78 is 9.30. The Morgan fingerprint density at radius 3 is 2.56 bits per heavy atom. The molecule has 0 radical (unpaired) electrons. The van der Waals surface area contributed by atoms with E-state index in [0.717, 1.165) is 0 Å². The lowest BCUT2D eigenvalue weighted by molar-refractivity contribution is -0.141. The van der Waals surface area contributed by atoms with Crippen molar-refractivity contribution in [2.24, 2.45) is 0 Å². The van der Waals surface area contributed by atoms with Gasteiger partial charge in [0.05, 0.1) is 26.7 Å². The van der Waals surface area contributed by atoms with Crippen LogP contribution in [0, 0.1) is 0 Å². The summed E-state index contributed by atoms with van der Waals surface area (Å²) in [6.45, 7) is 2.98. The van der Waals surface area contributed by atoms with E-state index in [1.54, 1.807) is 7.11 Å². The molecule has 16 heavy (non-hydrogen) atoms. The van der Waals surface area contributed by atoms with E-state index in [1.165, 1.54) is 7.11 Å². The third-order valence-corrected chi connectivity index (χ3v) is 1.94. The van der Waals surface area contributed by atoms with E-state index in [-0.39, 0.29) is 30.9 Å². The lowest BCUT2D eigenvalue weighted by Crippen LogP contribution is -2.39. The quantitative estimate of drug-likeness (QED) is 0.427. The number of carbonyl (C=O) groups is 2. The Morgan fingerprint density at radius 1 is 1.31 bits per heavy atom. The van der Waals surface area contributed by atoms with Crippen molar-refractivity contribution in [3.63, 3.8) is 0 Å². The van der Waals surface area contributed by atoms with Gasteiger partial charge in [-0.05, 0) is 6.92 Å². The maximum atomic E-state index is 11.2. The summed E-state index contributed by atoms with van der Waals surface area (Å²) in [7, 11) is 2.91. The Kier molecular flexibility index (Phi) is 8.46. The minimum absolute atomic E-state index is 0.0828. The molecule has 2 N–H and O–H groups in total. The fourth-order valence-electron chi connectivity index (χ4n) is 1.03. The molecule has 0 heterocycles. The van der Waals surface area contributed by atoms with Crippen LogP contribution in [-0.2, 0) is 19.1 Å². The van der Waals surface area contributed by atoms with Crippen molar-refractivity contribution in [2.45, 2.75) is 19.4 Å². The van der Waals surface area contributed by atoms with Crippen LogP contribution in [0.25, 0.3) is 0 Å². The maximum absolute atomic E-state index is 11.2. The van der Waals surface area contributed by atoms with Crippen LogP contribution in [0.15, 0.2) is 0 Å². The Balaban J connectivity index is 3.54. The molecule has 0 bridgehead atoms. The van der Waals surface area contributed by atoms with Gasteiger partial charge in [-0.15, -0.1) is 0 Å². The first kappa shape index (κ1) is 14.9. The highest BCUT2D eigenvalue weighted by molar-refractivity contribution is 5.78. The molecular weight excluding hydrogens is 212 g/mol. The van der Waals surface area contributed by atoms with Gasteiger partial charge in [0.1, 0.15) is 0 Å². The van der Waals surface area contributed by atoms with Crippen molar-refractivity contribution < 1.29 is 19.1 Å². The van der Waals surface area contributed by atoms with Gasteiger partial charge < -0.3 is 20.1 Å². The zero-order valence-electron chi connectivity index (χ0n) is 10.0. The van der Waals surface area contributed by atoms with E-state index in [0.29, 0.717) is 13.2 Å². The van der Waals surface area contributed by atoms with Crippen LogP contribution in [0.2, 0.25) is 0 Å². The van der Waals surface area contributed by atoms with Gasteiger partial charge >= 0.3 is 5.97 Å². The van der Waals surface area contributed by atoms with Crippen molar-refractivity contribution in [3.05, 3.63) is 0 Å². The van der Waals surface area contributed by atoms with Crippen LogP contribution in [0.5, 0.6) is 0 Å². The van der Waals surface area contributed by atoms with Crippen molar-refractivity contribution in [2.75, 3.05) is 33.9 Å². The molecule has 94 valence electrons. The standard InChI is InChI=1S/C10H20N2O4/c1-8(6-10(14)16-3)12-7-9(13)11-4-5-15-2/h8,12H,4-7H2,1-3H3,(H,11,13). The second kappa shape index (κ2) is 9.11. The number of hydrogen-bond acceptors (Lipinski definition) is 5. The van der Waals surface area contributed by atoms with Crippen LogP contribution in [0.4, 0.5) is 0 Å². The molecule has 0 aromatic rings. The van der Waals surface area contributed by atoms with Crippen LogP contribution in [-0.4, -0.2) is 51.8 Å². The minimum atomic E-state index is -0.292. The molecule has 6 nitrogen and oxygen atoms in total. The minimum Gasteiger partial charge on any atom is -0.469 e. The van der Waals surface area contributed by atoms with Crippen LogP contribution >= 0.6 is 0 Å². The predicted octanol–water partition coefficient (Wildman–Crippen LogP) is -0.710. The Labute approximate surface area is 95.7 Å². The van der Waals surface area contributed by atoms with Gasteiger partial charge in [-0.2, -0.15) is 0 Å². The molecule has 0 aliphatic carbocycles. The predicted molar refractivity (Wildman–Crippen MR) is 59.0 cm³/mol. The first-order chi connectivity index (χ1) is 7.60. The summed E-state index contributed by atoms with van der Waals surface area (Å²) in [4.78, 5) is 22.1. The third kappa shape index (κ3) is 8.19. The van der Waals surface area contributed by atoms with E-state index in [9.17, 15) is 9.59 Å². The maximum Gasteiger partial charge on any atom is 0.307 e. The van der Waals surface area contributed by atoms with Crippen LogP contribution < -0.4 is 10.6 Å². The number of methoxy groups -OCH3 is 2. The summed E-state index contributed by atoms with van der Waals surface area (Å²) in [5, 5.41) is 5.58. The second-order valence-electron chi connectivity index (χ2n) is 3.40. The average Bonchev–Trinajstić information content (AvgIpc) is 2.26. The first-order valence-corrected chi connectivity index (χ1v) is 5.16. The largest absolute Gasteiger partial charge is 0.469 e. The fourth-order valence-corrected chi connectivity index (χ4v) is 1.03. The van der Waals surface area contributed by atoms with Gasteiger partial charge in [0, 0.05) is 19.7 Å². The SMILES string of the molecule is COCCNC(=O)CNC(C)CC(=O)OC. The summed E-state index contributed by atoms with van der Waals surface area (Å²) in [5.74, 6) is -0.409. The molecule has 0 aromatic heterocycles. The smallest absolute Gasteiger partial charge is 0.307 e. The highest BCUT2D eigenvalue weighted by atomic mass is 16.5. The van der Waals surface area contributed by atoms with E-state index in [1.807, 2.05) is 6.92 Å². The number of ether oxygens (including phenoxy) is 2. The zero-order valence-corrected chi connectivity index (χ0v) is 10.0. The number of hydrogen-bond donors (Lipinski definition) is 2. The number of carbonyl (C=O) groups excluding carboxylic acids is 2. The number of rotatable bonds is 8. The molecule has 1 atom stereocenters. The normalized spacial score (nSPS) is 11.9. The van der Waals surface area contributed by atoms with Crippen molar-refractivity contribution >= 4 is 11.9 Å². The second-order valence-corrected chi connectivity index (χ2v) is 3.40. The first-order valence-electron chi connectivity index (χ1n) is 5.16. The average molecular weight is 232 g/mol. The Morgan fingerprint density at radius 2 is 2.00 bits per heavy atom. The zero-order chi connectivity index (χ0) is 12.4. The highest BCUT2D eigenvalue weighted by Crippen LogP contribution is 1.91. The molecule has 1 unspecified atom stereocenters. The number of amides is 1. The van der Waals surface area contributed by atoms with E-state index in [2.05, 4.69) is 15.4 Å².